The maximum atomic E-state index is 13.1. The van der Waals surface area contributed by atoms with Gasteiger partial charge in [-0.3, -0.25) is 9.59 Å². The summed E-state index contributed by atoms with van der Waals surface area (Å²) in [7, 11) is 0. The van der Waals surface area contributed by atoms with E-state index in [9.17, 15) is 9.59 Å². The number of nitrogens with one attached hydrogen (secondary N) is 4. The number of aromatic nitrogens is 3. The van der Waals surface area contributed by atoms with E-state index >= 15 is 0 Å². The lowest BCUT2D eigenvalue weighted by atomic mass is 9.99. The second-order valence-electron chi connectivity index (χ2n) is 9.96. The van der Waals surface area contributed by atoms with Gasteiger partial charge in [0.25, 0.3) is 11.8 Å². The predicted octanol–water partition coefficient (Wildman–Crippen LogP) is 4.88. The van der Waals surface area contributed by atoms with Crippen LogP contribution in [-0.2, 0) is 4.79 Å². The van der Waals surface area contributed by atoms with Crippen molar-refractivity contribution in [2.45, 2.75) is 32.7 Å². The Balaban J connectivity index is 0.00000308. The van der Waals surface area contributed by atoms with Crippen molar-refractivity contribution < 1.29 is 9.59 Å². The molecule has 2 aliphatic rings. The van der Waals surface area contributed by atoms with E-state index in [0.717, 1.165) is 70.9 Å². The molecule has 0 bridgehead atoms. The molecule has 2 aliphatic heterocycles. The molecule has 0 radical (unpaired) electrons. The molecule has 200 valence electrons. The fourth-order valence-corrected chi connectivity index (χ4v) is 5.34. The lowest BCUT2D eigenvalue weighted by molar-refractivity contribution is -0.110. The Hall–Kier alpha value is -4.14. The van der Waals surface area contributed by atoms with E-state index in [-0.39, 0.29) is 30.3 Å². The number of carbonyl (C=O) groups excluding carboxylic acids is 2. The minimum Gasteiger partial charge on any atom is -0.358 e. The molecular weight excluding hydrogens is 512 g/mol. The first-order chi connectivity index (χ1) is 18.5. The summed E-state index contributed by atoms with van der Waals surface area (Å²) in [6.45, 7) is 5.60. The van der Waals surface area contributed by atoms with Gasteiger partial charge in [-0.2, -0.15) is 5.10 Å². The molecule has 6 rings (SSSR count). The Kier molecular flexibility index (Phi) is 7.41. The molecule has 1 unspecified atom stereocenters. The van der Waals surface area contributed by atoms with E-state index in [1.54, 1.807) is 0 Å². The van der Waals surface area contributed by atoms with Crippen LogP contribution >= 0.6 is 12.4 Å². The van der Waals surface area contributed by atoms with Gasteiger partial charge in [-0.1, -0.05) is 24.3 Å². The van der Waals surface area contributed by atoms with Gasteiger partial charge in [0.1, 0.15) is 0 Å². The molecule has 1 saturated heterocycles. The number of fused-ring (bicyclic) bond motifs is 1. The first-order valence-corrected chi connectivity index (χ1v) is 13.0. The molecule has 39 heavy (non-hydrogen) atoms. The van der Waals surface area contributed by atoms with Gasteiger partial charge < -0.3 is 20.9 Å². The van der Waals surface area contributed by atoms with Crippen molar-refractivity contribution in [2.24, 2.45) is 0 Å². The van der Waals surface area contributed by atoms with Crippen molar-refractivity contribution in [1.82, 2.24) is 25.4 Å². The molecule has 4 N–H and O–H groups in total. The number of hydrogen-bond donors (Lipinski definition) is 4. The summed E-state index contributed by atoms with van der Waals surface area (Å²) in [6, 6.07) is 16.0. The first kappa shape index (κ1) is 26.5. The van der Waals surface area contributed by atoms with Crippen molar-refractivity contribution in [3.05, 3.63) is 89.0 Å². The van der Waals surface area contributed by atoms with E-state index in [2.05, 4.69) is 26.0 Å². The number of carbonyl (C=O) groups is 2. The van der Waals surface area contributed by atoms with Gasteiger partial charge in [-0.05, 0) is 74.7 Å². The van der Waals surface area contributed by atoms with Crippen molar-refractivity contribution in [3.8, 4) is 16.8 Å². The molecule has 1 atom stereocenters. The van der Waals surface area contributed by atoms with Gasteiger partial charge in [0, 0.05) is 47.0 Å². The highest BCUT2D eigenvalue weighted by Gasteiger charge is 2.27. The number of aromatic amines is 1. The van der Waals surface area contributed by atoms with E-state index in [1.165, 1.54) is 0 Å². The van der Waals surface area contributed by atoms with Crippen LogP contribution in [-0.4, -0.2) is 45.7 Å². The van der Waals surface area contributed by atoms with Gasteiger partial charge >= 0.3 is 0 Å². The monoisotopic (exact) mass is 542 g/mol. The van der Waals surface area contributed by atoms with Crippen LogP contribution in [0.4, 0.5) is 5.69 Å². The molecule has 0 saturated carbocycles. The molecule has 0 aliphatic carbocycles. The maximum absolute atomic E-state index is 13.1. The van der Waals surface area contributed by atoms with E-state index in [0.29, 0.717) is 11.1 Å². The zero-order valence-electron chi connectivity index (χ0n) is 21.9. The second-order valence-corrected chi connectivity index (χ2v) is 9.96. The number of benzene rings is 2. The lowest BCUT2D eigenvalue weighted by Gasteiger charge is -2.23. The number of H-pyrrole nitrogens is 1. The predicted molar refractivity (Wildman–Crippen MR) is 156 cm³/mol. The fourth-order valence-electron chi connectivity index (χ4n) is 5.34. The third-order valence-corrected chi connectivity index (χ3v) is 7.36. The van der Waals surface area contributed by atoms with Crippen LogP contribution in [0.15, 0.2) is 60.9 Å². The van der Waals surface area contributed by atoms with Gasteiger partial charge in [-0.25, -0.2) is 4.68 Å². The quantitative estimate of drug-likeness (QED) is 0.270. The van der Waals surface area contributed by atoms with E-state index < -0.39 is 0 Å². The fraction of sp³-hybridized carbons (Fsp3) is 0.233. The third kappa shape index (κ3) is 5.13. The molecule has 8 nitrogen and oxygen atoms in total. The van der Waals surface area contributed by atoms with Crippen LogP contribution in [0.2, 0.25) is 0 Å². The highest BCUT2D eigenvalue weighted by atomic mass is 35.5. The Labute approximate surface area is 233 Å². The molecule has 1 fully saturated rings. The molecule has 2 aromatic heterocycles. The third-order valence-electron chi connectivity index (χ3n) is 7.36. The number of para-hydroxylation sites is 1. The number of piperidine rings is 1. The summed E-state index contributed by atoms with van der Waals surface area (Å²) >= 11 is 0. The Bertz CT molecular complexity index is 1560. The molecule has 2 amide bonds. The normalized spacial score (nSPS) is 17.4. The van der Waals surface area contributed by atoms with Crippen molar-refractivity contribution >= 4 is 41.6 Å². The lowest BCUT2D eigenvalue weighted by Crippen LogP contribution is -2.45. The largest absolute Gasteiger partial charge is 0.358 e. The minimum atomic E-state index is -0.164. The standard InChI is InChI=1S/C30H30N6O2.ClH/c1-18-27(33-19(2)28(18)30(38)34-22-7-6-12-31-16-22)14-25-24-13-20(10-11-26(24)35-29(25)37)21-15-32-36(17-21)23-8-4-3-5-9-23;/h3-5,8-11,13-15,17,22,31,33H,6-7,12,16H2,1-2H3,(H,34,38)(H,35,37);1H/b25-14-;. The second kappa shape index (κ2) is 10.9. The minimum absolute atomic E-state index is 0. The van der Waals surface area contributed by atoms with Crippen LogP contribution in [0.1, 0.15) is 45.7 Å². The zero-order valence-corrected chi connectivity index (χ0v) is 22.7. The first-order valence-electron chi connectivity index (χ1n) is 13.0. The molecule has 4 heterocycles. The van der Waals surface area contributed by atoms with Gasteiger partial charge in [-0.15, -0.1) is 12.4 Å². The summed E-state index contributed by atoms with van der Waals surface area (Å²) in [5.74, 6) is -0.244. The Morgan fingerprint density at radius 2 is 1.95 bits per heavy atom. The van der Waals surface area contributed by atoms with Crippen LogP contribution in [0.3, 0.4) is 0 Å². The van der Waals surface area contributed by atoms with Gasteiger partial charge in [0.2, 0.25) is 0 Å². The zero-order chi connectivity index (χ0) is 26.2. The number of amides is 2. The molecule has 9 heteroatoms. The van der Waals surface area contributed by atoms with Crippen LogP contribution in [0, 0.1) is 13.8 Å². The summed E-state index contributed by atoms with van der Waals surface area (Å²) in [5, 5.41) is 14.0. The van der Waals surface area contributed by atoms with E-state index in [4.69, 9.17) is 0 Å². The van der Waals surface area contributed by atoms with Crippen molar-refractivity contribution in [3.63, 3.8) is 0 Å². The topological polar surface area (TPSA) is 104 Å². The number of anilines is 1. The highest BCUT2D eigenvalue weighted by molar-refractivity contribution is 6.35. The van der Waals surface area contributed by atoms with Crippen molar-refractivity contribution in [1.29, 1.82) is 0 Å². The summed E-state index contributed by atoms with van der Waals surface area (Å²) < 4.78 is 1.84. The number of rotatable bonds is 5. The summed E-state index contributed by atoms with van der Waals surface area (Å²) in [5.41, 5.74) is 8.08. The number of nitrogens with zero attached hydrogens (tertiary/aromatic N) is 2. The number of hydrogen-bond acceptors (Lipinski definition) is 4. The molecule has 2 aromatic carbocycles. The van der Waals surface area contributed by atoms with Crippen molar-refractivity contribution in [2.75, 3.05) is 18.4 Å². The number of halogens is 1. The molecular formula is C30H31ClN6O2. The Morgan fingerprint density at radius 3 is 2.72 bits per heavy atom. The molecule has 4 aromatic rings. The highest BCUT2D eigenvalue weighted by Crippen LogP contribution is 2.37. The van der Waals surface area contributed by atoms with Crippen LogP contribution in [0.5, 0.6) is 0 Å². The summed E-state index contributed by atoms with van der Waals surface area (Å²) in [6.07, 6.45) is 7.68. The summed E-state index contributed by atoms with van der Waals surface area (Å²) in [4.78, 5) is 29.4. The Morgan fingerprint density at radius 1 is 1.13 bits per heavy atom. The average Bonchev–Trinajstić information content (AvgIpc) is 3.61. The maximum Gasteiger partial charge on any atom is 0.256 e. The average molecular weight is 543 g/mol. The van der Waals surface area contributed by atoms with Crippen LogP contribution < -0.4 is 16.0 Å². The molecule has 0 spiro atoms. The number of aryl methyl sites for hydroxylation is 1. The smallest absolute Gasteiger partial charge is 0.256 e. The van der Waals surface area contributed by atoms with Gasteiger partial charge in [0.05, 0.1) is 23.0 Å². The van der Waals surface area contributed by atoms with Gasteiger partial charge in [0.15, 0.2) is 0 Å². The van der Waals surface area contributed by atoms with E-state index in [1.807, 2.05) is 85.5 Å². The van der Waals surface area contributed by atoms with Crippen LogP contribution in [0.25, 0.3) is 28.5 Å². The SMILES string of the molecule is Cc1[nH]c(/C=C2\C(=O)Nc3ccc(-c4cnn(-c5ccccc5)c4)cc32)c(C)c1C(=O)NC1CCCNC1.Cl.